The van der Waals surface area contributed by atoms with Crippen LogP contribution in [-0.2, 0) is 11.3 Å². The lowest BCUT2D eigenvalue weighted by atomic mass is 10.1. The monoisotopic (exact) mass is 330 g/mol. The molecular formula is C18H22N2O2S. The Hall–Kier alpha value is -1.98. The van der Waals surface area contributed by atoms with Gasteiger partial charge in [0.25, 0.3) is 0 Å². The molecule has 4 nitrogen and oxygen atoms in total. The maximum Gasteiger partial charge on any atom is 0.234 e. The Labute approximate surface area is 141 Å². The highest BCUT2D eigenvalue weighted by molar-refractivity contribution is 8.00. The maximum atomic E-state index is 12.2. The number of thioether (sulfide) groups is 1. The summed E-state index contributed by atoms with van der Waals surface area (Å²) in [6.45, 7) is 3.70. The molecule has 2 N–H and O–H groups in total. The van der Waals surface area contributed by atoms with E-state index in [-0.39, 0.29) is 5.91 Å². The summed E-state index contributed by atoms with van der Waals surface area (Å²) >= 11 is 1.49. The lowest BCUT2D eigenvalue weighted by Crippen LogP contribution is -2.18. The van der Waals surface area contributed by atoms with Crippen LogP contribution in [-0.4, -0.2) is 25.3 Å². The van der Waals surface area contributed by atoms with Gasteiger partial charge in [-0.3, -0.25) is 4.79 Å². The molecule has 23 heavy (non-hydrogen) atoms. The van der Waals surface area contributed by atoms with Crippen molar-refractivity contribution in [3.05, 3.63) is 54.1 Å². The molecule has 0 fully saturated rings. The van der Waals surface area contributed by atoms with E-state index in [0.29, 0.717) is 5.75 Å². The van der Waals surface area contributed by atoms with E-state index in [1.807, 2.05) is 48.5 Å². The molecule has 0 saturated heterocycles. The van der Waals surface area contributed by atoms with Crippen molar-refractivity contribution in [2.45, 2.75) is 18.4 Å². The summed E-state index contributed by atoms with van der Waals surface area (Å²) in [5.74, 6) is 1.15. The van der Waals surface area contributed by atoms with Crippen molar-refractivity contribution in [3.63, 3.8) is 0 Å². The molecule has 0 radical (unpaired) electrons. The van der Waals surface area contributed by atoms with Crippen LogP contribution >= 0.6 is 11.8 Å². The predicted molar refractivity (Wildman–Crippen MR) is 96.2 cm³/mol. The number of benzene rings is 2. The standard InChI is InChI=1S/C18H22N2O2S/c1-3-19-12-14-7-4-5-10-17(14)20-18(21)13-23-16-9-6-8-15(11-16)22-2/h4-11,19H,3,12-13H2,1-2H3,(H,20,21). The largest absolute Gasteiger partial charge is 0.497 e. The van der Waals surface area contributed by atoms with Crippen LogP contribution in [0.1, 0.15) is 12.5 Å². The zero-order chi connectivity index (χ0) is 16.5. The molecule has 0 heterocycles. The second-order valence-corrected chi connectivity index (χ2v) is 6.00. The minimum atomic E-state index is -0.0123. The summed E-state index contributed by atoms with van der Waals surface area (Å²) in [6.07, 6.45) is 0. The Balaban J connectivity index is 1.92. The second-order valence-electron chi connectivity index (χ2n) is 4.95. The average molecular weight is 330 g/mol. The van der Waals surface area contributed by atoms with E-state index in [1.165, 1.54) is 11.8 Å². The number of carbonyl (C=O) groups is 1. The van der Waals surface area contributed by atoms with Gasteiger partial charge in [-0.05, 0) is 36.4 Å². The Kier molecular flexibility index (Phi) is 6.97. The molecule has 122 valence electrons. The first-order valence-corrected chi connectivity index (χ1v) is 8.56. The maximum absolute atomic E-state index is 12.2. The van der Waals surface area contributed by atoms with Gasteiger partial charge in [0, 0.05) is 17.1 Å². The molecule has 0 aliphatic carbocycles. The van der Waals surface area contributed by atoms with Crippen molar-refractivity contribution in [2.24, 2.45) is 0 Å². The number of hydrogen-bond acceptors (Lipinski definition) is 4. The molecule has 0 saturated carbocycles. The van der Waals surface area contributed by atoms with E-state index >= 15 is 0 Å². The van der Waals surface area contributed by atoms with Gasteiger partial charge >= 0.3 is 0 Å². The lowest BCUT2D eigenvalue weighted by Gasteiger charge is -2.11. The summed E-state index contributed by atoms with van der Waals surface area (Å²) in [5.41, 5.74) is 1.96. The predicted octanol–water partition coefficient (Wildman–Crippen LogP) is 3.54. The number of rotatable bonds is 8. The fourth-order valence-corrected chi connectivity index (χ4v) is 2.83. The Morgan fingerprint density at radius 2 is 2.00 bits per heavy atom. The summed E-state index contributed by atoms with van der Waals surface area (Å²) < 4.78 is 5.19. The first kappa shape index (κ1) is 17.4. The first-order chi connectivity index (χ1) is 11.2. The lowest BCUT2D eigenvalue weighted by molar-refractivity contribution is -0.113. The Morgan fingerprint density at radius 1 is 1.17 bits per heavy atom. The number of nitrogens with one attached hydrogen (secondary N) is 2. The van der Waals surface area contributed by atoms with Crippen LogP contribution in [0.25, 0.3) is 0 Å². The third-order valence-corrected chi connectivity index (χ3v) is 4.26. The van der Waals surface area contributed by atoms with Gasteiger partial charge in [0.2, 0.25) is 5.91 Å². The van der Waals surface area contributed by atoms with Crippen molar-refractivity contribution >= 4 is 23.4 Å². The number of carbonyl (C=O) groups excluding carboxylic acids is 1. The minimum Gasteiger partial charge on any atom is -0.497 e. The molecule has 0 spiro atoms. The molecule has 5 heteroatoms. The van der Waals surface area contributed by atoms with Gasteiger partial charge in [-0.15, -0.1) is 11.8 Å². The molecule has 2 rings (SSSR count). The highest BCUT2D eigenvalue weighted by Crippen LogP contribution is 2.23. The van der Waals surface area contributed by atoms with Crippen molar-refractivity contribution < 1.29 is 9.53 Å². The van der Waals surface area contributed by atoms with E-state index < -0.39 is 0 Å². The van der Waals surface area contributed by atoms with Crippen LogP contribution < -0.4 is 15.4 Å². The normalized spacial score (nSPS) is 10.3. The van der Waals surface area contributed by atoms with Crippen molar-refractivity contribution in [1.29, 1.82) is 0 Å². The van der Waals surface area contributed by atoms with Crippen LogP contribution in [0.3, 0.4) is 0 Å². The Morgan fingerprint density at radius 3 is 2.78 bits per heavy atom. The highest BCUT2D eigenvalue weighted by atomic mass is 32.2. The van der Waals surface area contributed by atoms with Crippen molar-refractivity contribution in [3.8, 4) is 5.75 Å². The number of methoxy groups -OCH3 is 1. The second kappa shape index (κ2) is 9.22. The van der Waals surface area contributed by atoms with Crippen LogP contribution in [0.4, 0.5) is 5.69 Å². The van der Waals surface area contributed by atoms with E-state index in [1.54, 1.807) is 7.11 Å². The van der Waals surface area contributed by atoms with E-state index in [4.69, 9.17) is 4.74 Å². The molecule has 1 amide bonds. The van der Waals surface area contributed by atoms with Crippen LogP contribution in [0, 0.1) is 0 Å². The van der Waals surface area contributed by atoms with Gasteiger partial charge in [0.05, 0.1) is 12.9 Å². The quantitative estimate of drug-likeness (QED) is 0.727. The van der Waals surface area contributed by atoms with Gasteiger partial charge < -0.3 is 15.4 Å². The van der Waals surface area contributed by atoms with Gasteiger partial charge in [-0.1, -0.05) is 31.2 Å². The molecular weight excluding hydrogens is 308 g/mol. The summed E-state index contributed by atoms with van der Waals surface area (Å²) in [4.78, 5) is 13.2. The summed E-state index contributed by atoms with van der Waals surface area (Å²) in [7, 11) is 1.64. The van der Waals surface area contributed by atoms with E-state index in [0.717, 1.165) is 35.0 Å². The average Bonchev–Trinajstić information content (AvgIpc) is 2.59. The summed E-state index contributed by atoms with van der Waals surface area (Å²) in [6, 6.07) is 15.6. The Bertz CT molecular complexity index is 646. The zero-order valence-electron chi connectivity index (χ0n) is 13.5. The molecule has 2 aromatic rings. The zero-order valence-corrected chi connectivity index (χ0v) is 14.3. The van der Waals surface area contributed by atoms with Gasteiger partial charge in [-0.25, -0.2) is 0 Å². The molecule has 0 aliphatic rings. The van der Waals surface area contributed by atoms with Crippen LogP contribution in [0.2, 0.25) is 0 Å². The number of para-hydroxylation sites is 1. The van der Waals surface area contributed by atoms with E-state index in [2.05, 4.69) is 17.6 Å². The minimum absolute atomic E-state index is 0.0123. The number of anilines is 1. The smallest absolute Gasteiger partial charge is 0.234 e. The molecule has 2 aromatic carbocycles. The third-order valence-electron chi connectivity index (χ3n) is 3.27. The summed E-state index contributed by atoms with van der Waals surface area (Å²) in [5, 5.41) is 6.27. The van der Waals surface area contributed by atoms with Crippen molar-refractivity contribution in [2.75, 3.05) is 24.7 Å². The third kappa shape index (κ3) is 5.62. The van der Waals surface area contributed by atoms with Gasteiger partial charge in [-0.2, -0.15) is 0 Å². The van der Waals surface area contributed by atoms with E-state index in [9.17, 15) is 4.79 Å². The number of ether oxygens (including phenoxy) is 1. The molecule has 0 bridgehead atoms. The van der Waals surface area contributed by atoms with Crippen LogP contribution in [0.5, 0.6) is 5.75 Å². The van der Waals surface area contributed by atoms with Gasteiger partial charge in [0.1, 0.15) is 5.75 Å². The molecule has 0 aliphatic heterocycles. The topological polar surface area (TPSA) is 50.4 Å². The molecule has 0 atom stereocenters. The fraction of sp³-hybridized carbons (Fsp3) is 0.278. The highest BCUT2D eigenvalue weighted by Gasteiger charge is 2.07. The number of hydrogen-bond donors (Lipinski definition) is 2. The van der Waals surface area contributed by atoms with Crippen LogP contribution in [0.15, 0.2) is 53.4 Å². The number of amides is 1. The fourth-order valence-electron chi connectivity index (χ4n) is 2.08. The molecule has 0 aromatic heterocycles. The SMILES string of the molecule is CCNCc1ccccc1NC(=O)CSc1cccc(OC)c1. The first-order valence-electron chi connectivity index (χ1n) is 7.58. The van der Waals surface area contributed by atoms with Gasteiger partial charge in [0.15, 0.2) is 0 Å². The van der Waals surface area contributed by atoms with Crippen molar-refractivity contribution in [1.82, 2.24) is 5.32 Å². The molecule has 0 unspecified atom stereocenters.